The van der Waals surface area contributed by atoms with Crippen molar-refractivity contribution in [3.63, 3.8) is 0 Å². The average molecular weight is 381 g/mol. The molecular weight excluding hydrogens is 358 g/mol. The number of hydrogen-bond acceptors (Lipinski definition) is 3. The summed E-state index contributed by atoms with van der Waals surface area (Å²) in [6, 6.07) is 27.5. The number of rotatable bonds is 4. The molecule has 0 unspecified atom stereocenters. The summed E-state index contributed by atoms with van der Waals surface area (Å²) in [5, 5.41) is 2.49. The summed E-state index contributed by atoms with van der Waals surface area (Å²) in [7, 11) is 0. The highest BCUT2D eigenvalue weighted by Gasteiger charge is 2.10. The summed E-state index contributed by atoms with van der Waals surface area (Å²) >= 11 is 0. The van der Waals surface area contributed by atoms with Crippen molar-refractivity contribution in [2.45, 2.75) is 0 Å². The van der Waals surface area contributed by atoms with Crippen LogP contribution >= 0.6 is 0 Å². The molecule has 0 amide bonds. The second-order valence-corrected chi connectivity index (χ2v) is 7.21. The van der Waals surface area contributed by atoms with Gasteiger partial charge in [-0.15, -0.1) is 0 Å². The van der Waals surface area contributed by atoms with Gasteiger partial charge in [0.25, 0.3) is 0 Å². The van der Waals surface area contributed by atoms with Crippen molar-refractivity contribution in [1.29, 1.82) is 0 Å². The van der Waals surface area contributed by atoms with Crippen LogP contribution in [0.15, 0.2) is 90.1 Å². The number of anilines is 1. The number of nitrogens with zero attached hydrogens (tertiary/aromatic N) is 3. The van der Waals surface area contributed by atoms with Gasteiger partial charge in [0.2, 0.25) is 0 Å². The Kier molecular flexibility index (Phi) is 4.85. The van der Waals surface area contributed by atoms with Crippen LogP contribution in [0.1, 0.15) is 5.69 Å². The third-order valence-electron chi connectivity index (χ3n) is 5.36. The zero-order chi connectivity index (χ0) is 19.5. The molecule has 0 saturated carbocycles. The van der Waals surface area contributed by atoms with Gasteiger partial charge in [-0.05, 0) is 59.3 Å². The largest absolute Gasteiger partial charge is 0.378 e. The van der Waals surface area contributed by atoms with Gasteiger partial charge in [0.05, 0.1) is 30.8 Å². The molecule has 4 heteroatoms. The summed E-state index contributed by atoms with van der Waals surface area (Å²) in [6.45, 7) is 3.49. The zero-order valence-corrected chi connectivity index (χ0v) is 16.2. The van der Waals surface area contributed by atoms with Crippen LogP contribution in [0.2, 0.25) is 0 Å². The molecule has 3 aromatic carbocycles. The first-order chi connectivity index (χ1) is 14.4. The molecule has 1 saturated heterocycles. The molecule has 1 fully saturated rings. The first kappa shape index (κ1) is 17.7. The van der Waals surface area contributed by atoms with Gasteiger partial charge < -0.3 is 14.2 Å². The van der Waals surface area contributed by atoms with E-state index in [1.54, 1.807) is 0 Å². The molecule has 0 N–H and O–H groups in total. The normalized spacial score (nSPS) is 14.7. The fraction of sp³-hybridized carbons (Fsp3) is 0.160. The fourth-order valence-electron chi connectivity index (χ4n) is 3.77. The molecule has 1 aromatic heterocycles. The van der Waals surface area contributed by atoms with Crippen LogP contribution in [0, 0.1) is 0 Å². The minimum Gasteiger partial charge on any atom is -0.378 e. The highest BCUT2D eigenvalue weighted by Crippen LogP contribution is 2.22. The maximum atomic E-state index is 5.43. The lowest BCUT2D eigenvalue weighted by Crippen LogP contribution is -2.36. The molecule has 0 radical (unpaired) electrons. The maximum absolute atomic E-state index is 5.43. The molecule has 5 rings (SSSR count). The zero-order valence-electron chi connectivity index (χ0n) is 16.2. The molecule has 0 bridgehead atoms. The molecular formula is C25H23N3O. The number of fused-ring (bicyclic) bond motifs is 1. The van der Waals surface area contributed by atoms with Gasteiger partial charge in [-0.2, -0.15) is 0 Å². The van der Waals surface area contributed by atoms with E-state index < -0.39 is 0 Å². The second kappa shape index (κ2) is 7.94. The van der Waals surface area contributed by atoms with E-state index in [2.05, 4.69) is 94.5 Å². The standard InChI is InChI=1S/C25H23N3O/c1-2-5-21-18-24(10-7-20(21)4-1)28-13-3-6-25(28)19-26-22-8-11-23(12-9-22)27-14-16-29-17-15-27/h1-13,18-19H,14-17H2. The van der Waals surface area contributed by atoms with Crippen LogP contribution in [0.3, 0.4) is 0 Å². The van der Waals surface area contributed by atoms with Crippen molar-refractivity contribution < 1.29 is 4.74 Å². The Morgan fingerprint density at radius 2 is 1.52 bits per heavy atom. The summed E-state index contributed by atoms with van der Waals surface area (Å²) in [4.78, 5) is 7.04. The predicted molar refractivity (Wildman–Crippen MR) is 120 cm³/mol. The number of aromatic nitrogens is 1. The van der Waals surface area contributed by atoms with E-state index in [9.17, 15) is 0 Å². The van der Waals surface area contributed by atoms with Gasteiger partial charge in [-0.1, -0.05) is 30.3 Å². The van der Waals surface area contributed by atoms with Gasteiger partial charge in [0.1, 0.15) is 0 Å². The molecule has 4 aromatic rings. The van der Waals surface area contributed by atoms with Crippen molar-refractivity contribution in [2.75, 3.05) is 31.2 Å². The molecule has 1 aliphatic heterocycles. The van der Waals surface area contributed by atoms with Gasteiger partial charge in [-0.25, -0.2) is 0 Å². The van der Waals surface area contributed by atoms with Crippen molar-refractivity contribution in [2.24, 2.45) is 4.99 Å². The van der Waals surface area contributed by atoms with E-state index in [4.69, 9.17) is 9.73 Å². The molecule has 4 nitrogen and oxygen atoms in total. The summed E-state index contributed by atoms with van der Waals surface area (Å²) in [5.41, 5.74) is 4.37. The molecule has 0 atom stereocenters. The molecule has 144 valence electrons. The Bertz CT molecular complexity index is 1140. The molecule has 0 aliphatic carbocycles. The van der Waals surface area contributed by atoms with Crippen LogP contribution in [0.5, 0.6) is 0 Å². The van der Waals surface area contributed by atoms with Gasteiger partial charge in [0.15, 0.2) is 0 Å². The fourth-order valence-corrected chi connectivity index (χ4v) is 3.77. The monoisotopic (exact) mass is 381 g/mol. The number of hydrogen-bond donors (Lipinski definition) is 0. The lowest BCUT2D eigenvalue weighted by Gasteiger charge is -2.28. The van der Waals surface area contributed by atoms with E-state index >= 15 is 0 Å². The highest BCUT2D eigenvalue weighted by atomic mass is 16.5. The topological polar surface area (TPSA) is 29.8 Å². The van der Waals surface area contributed by atoms with Crippen molar-refractivity contribution in [3.05, 3.63) is 90.8 Å². The van der Waals surface area contributed by atoms with Crippen LogP contribution in [0.4, 0.5) is 11.4 Å². The number of ether oxygens (including phenoxy) is 1. The third-order valence-corrected chi connectivity index (χ3v) is 5.36. The van der Waals surface area contributed by atoms with Crippen molar-refractivity contribution >= 4 is 28.4 Å². The third kappa shape index (κ3) is 3.80. The Morgan fingerprint density at radius 1 is 0.759 bits per heavy atom. The lowest BCUT2D eigenvalue weighted by atomic mass is 10.1. The number of morpholine rings is 1. The molecule has 1 aliphatic rings. The Labute approximate surface area is 170 Å². The highest BCUT2D eigenvalue weighted by molar-refractivity contribution is 5.86. The Morgan fingerprint density at radius 3 is 2.34 bits per heavy atom. The van der Waals surface area contributed by atoms with E-state index in [1.165, 1.54) is 16.5 Å². The molecule has 0 spiro atoms. The van der Waals surface area contributed by atoms with E-state index in [0.29, 0.717) is 0 Å². The van der Waals surface area contributed by atoms with Gasteiger partial charge in [-0.3, -0.25) is 4.99 Å². The van der Waals surface area contributed by atoms with Crippen molar-refractivity contribution in [1.82, 2.24) is 4.57 Å². The lowest BCUT2D eigenvalue weighted by molar-refractivity contribution is 0.122. The van der Waals surface area contributed by atoms with Crippen LogP contribution in [-0.4, -0.2) is 37.1 Å². The van der Waals surface area contributed by atoms with E-state index in [0.717, 1.165) is 43.4 Å². The molecule has 2 heterocycles. The Balaban J connectivity index is 1.37. The maximum Gasteiger partial charge on any atom is 0.0642 e. The first-order valence-electron chi connectivity index (χ1n) is 10.0. The Hall–Kier alpha value is -3.37. The van der Waals surface area contributed by atoms with Crippen molar-refractivity contribution in [3.8, 4) is 5.69 Å². The van der Waals surface area contributed by atoms with Crippen LogP contribution in [0.25, 0.3) is 16.5 Å². The number of benzene rings is 3. The average Bonchev–Trinajstić information content (AvgIpc) is 3.27. The smallest absolute Gasteiger partial charge is 0.0642 e. The summed E-state index contributed by atoms with van der Waals surface area (Å²) in [6.07, 6.45) is 4.01. The molecule has 29 heavy (non-hydrogen) atoms. The van der Waals surface area contributed by atoms with Crippen LogP contribution < -0.4 is 4.90 Å². The quantitative estimate of drug-likeness (QED) is 0.454. The van der Waals surface area contributed by atoms with Gasteiger partial charge in [0, 0.05) is 30.7 Å². The van der Waals surface area contributed by atoms with Gasteiger partial charge >= 0.3 is 0 Å². The first-order valence-corrected chi connectivity index (χ1v) is 10.0. The van der Waals surface area contributed by atoms with E-state index in [-0.39, 0.29) is 0 Å². The minimum absolute atomic E-state index is 0.797. The SMILES string of the molecule is C(=Nc1ccc(N2CCOCC2)cc1)c1cccn1-c1ccc2ccccc2c1. The van der Waals surface area contributed by atoms with Crippen LogP contribution in [-0.2, 0) is 4.74 Å². The van der Waals surface area contributed by atoms with E-state index in [1.807, 2.05) is 6.21 Å². The predicted octanol–water partition coefficient (Wildman–Crippen LogP) is 5.22. The summed E-state index contributed by atoms with van der Waals surface area (Å²) in [5.74, 6) is 0. The second-order valence-electron chi connectivity index (χ2n) is 7.21. The number of aliphatic imine (C=N–C) groups is 1. The minimum atomic E-state index is 0.797. The summed E-state index contributed by atoms with van der Waals surface area (Å²) < 4.78 is 7.59.